The number of halogens is 1. The molecule has 1 amide bonds. The zero-order chi connectivity index (χ0) is 18.5. The Kier molecular flexibility index (Phi) is 6.18. The molecular formula is C20H20ClN3OS. The van der Waals surface area contributed by atoms with Crippen LogP contribution in [0, 0.1) is 11.3 Å². The lowest BCUT2D eigenvalue weighted by atomic mass is 9.95. The molecule has 0 spiro atoms. The number of hydrogen-bond acceptors (Lipinski definition) is 4. The molecule has 1 aliphatic carbocycles. The van der Waals surface area contributed by atoms with Gasteiger partial charge < -0.3 is 5.32 Å². The number of nitrogens with one attached hydrogen (secondary N) is 1. The molecule has 4 nitrogen and oxygen atoms in total. The summed E-state index contributed by atoms with van der Waals surface area (Å²) in [5, 5.41) is 13.3. The first-order valence-electron chi connectivity index (χ1n) is 8.69. The molecule has 1 atom stereocenters. The summed E-state index contributed by atoms with van der Waals surface area (Å²) in [4.78, 5) is 17.1. The fourth-order valence-corrected chi connectivity index (χ4v) is 4.10. The number of benzene rings is 1. The van der Waals surface area contributed by atoms with E-state index in [9.17, 15) is 10.1 Å². The molecule has 0 saturated carbocycles. The van der Waals surface area contributed by atoms with Gasteiger partial charge in [-0.2, -0.15) is 5.26 Å². The third kappa shape index (κ3) is 4.38. The van der Waals surface area contributed by atoms with E-state index >= 15 is 0 Å². The number of aryl methyl sites for hydroxylation is 2. The van der Waals surface area contributed by atoms with Gasteiger partial charge in [0.2, 0.25) is 5.91 Å². The molecule has 3 rings (SSSR count). The van der Waals surface area contributed by atoms with Crippen LogP contribution in [-0.2, 0) is 24.2 Å². The van der Waals surface area contributed by atoms with Gasteiger partial charge in [0.25, 0.3) is 0 Å². The van der Waals surface area contributed by atoms with E-state index in [1.54, 1.807) is 6.07 Å². The highest BCUT2D eigenvalue weighted by atomic mass is 35.5. The number of aromatic nitrogens is 1. The maximum atomic E-state index is 12.4. The van der Waals surface area contributed by atoms with Gasteiger partial charge in [-0.05, 0) is 55.9 Å². The van der Waals surface area contributed by atoms with Crippen LogP contribution >= 0.6 is 23.4 Å². The first-order valence-corrected chi connectivity index (χ1v) is 9.95. The summed E-state index contributed by atoms with van der Waals surface area (Å²) in [6.45, 7) is 2.21. The van der Waals surface area contributed by atoms with Crippen LogP contribution in [0.5, 0.6) is 0 Å². The van der Waals surface area contributed by atoms with Crippen molar-refractivity contribution in [1.82, 2.24) is 10.3 Å². The first-order chi connectivity index (χ1) is 12.6. The molecule has 0 fully saturated rings. The van der Waals surface area contributed by atoms with Gasteiger partial charge in [-0.25, -0.2) is 4.98 Å². The van der Waals surface area contributed by atoms with Gasteiger partial charge >= 0.3 is 0 Å². The molecule has 2 aromatic rings. The minimum absolute atomic E-state index is 0.0988. The van der Waals surface area contributed by atoms with E-state index in [1.807, 2.05) is 31.2 Å². The SMILES string of the molecule is CC(Sc1nc2c(cc1C#N)CCCC2)C(=O)NCc1ccccc1Cl. The Morgan fingerprint density at radius 1 is 1.38 bits per heavy atom. The molecule has 1 N–H and O–H groups in total. The second-order valence-electron chi connectivity index (χ2n) is 6.34. The molecule has 0 aliphatic heterocycles. The predicted molar refractivity (Wildman–Crippen MR) is 104 cm³/mol. The van der Waals surface area contributed by atoms with Gasteiger partial charge in [0.1, 0.15) is 11.1 Å². The van der Waals surface area contributed by atoms with Gasteiger partial charge in [0.15, 0.2) is 0 Å². The van der Waals surface area contributed by atoms with Crippen molar-refractivity contribution in [2.45, 2.75) is 49.4 Å². The van der Waals surface area contributed by atoms with Crippen molar-refractivity contribution in [2.24, 2.45) is 0 Å². The van der Waals surface area contributed by atoms with Gasteiger partial charge in [-0.15, -0.1) is 0 Å². The van der Waals surface area contributed by atoms with Gasteiger partial charge in [0, 0.05) is 17.3 Å². The van der Waals surface area contributed by atoms with E-state index in [2.05, 4.69) is 16.4 Å². The number of amides is 1. The van der Waals surface area contributed by atoms with E-state index in [-0.39, 0.29) is 11.2 Å². The minimum atomic E-state index is -0.348. The first kappa shape index (κ1) is 18.8. The Hall–Kier alpha value is -2.03. The summed E-state index contributed by atoms with van der Waals surface area (Å²) < 4.78 is 0. The van der Waals surface area contributed by atoms with Crippen LogP contribution < -0.4 is 5.32 Å². The third-order valence-corrected chi connectivity index (χ3v) is 5.93. The molecular weight excluding hydrogens is 366 g/mol. The van der Waals surface area contributed by atoms with Crippen molar-refractivity contribution in [3.05, 3.63) is 57.7 Å². The largest absolute Gasteiger partial charge is 0.351 e. The summed E-state index contributed by atoms with van der Waals surface area (Å²) in [6.07, 6.45) is 4.20. The summed E-state index contributed by atoms with van der Waals surface area (Å²) in [5.74, 6) is -0.0988. The molecule has 1 aliphatic rings. The van der Waals surface area contributed by atoms with E-state index in [4.69, 9.17) is 11.6 Å². The number of hydrogen-bond donors (Lipinski definition) is 1. The zero-order valence-electron chi connectivity index (χ0n) is 14.6. The van der Waals surface area contributed by atoms with Crippen molar-refractivity contribution in [2.75, 3.05) is 0 Å². The fourth-order valence-electron chi connectivity index (χ4n) is 2.97. The quantitative estimate of drug-likeness (QED) is 0.780. The van der Waals surface area contributed by atoms with Crippen LogP contribution in [0.15, 0.2) is 35.4 Å². The zero-order valence-corrected chi connectivity index (χ0v) is 16.2. The van der Waals surface area contributed by atoms with Crippen molar-refractivity contribution in [3.63, 3.8) is 0 Å². The van der Waals surface area contributed by atoms with Crippen LogP contribution in [0.25, 0.3) is 0 Å². The van der Waals surface area contributed by atoms with Gasteiger partial charge in [-0.1, -0.05) is 41.6 Å². The molecule has 1 aromatic heterocycles. The normalized spacial score (nSPS) is 14.2. The summed E-state index contributed by atoms with van der Waals surface area (Å²) >= 11 is 7.46. The average molecular weight is 386 g/mol. The highest BCUT2D eigenvalue weighted by molar-refractivity contribution is 8.00. The van der Waals surface area contributed by atoms with Crippen LogP contribution in [0.2, 0.25) is 5.02 Å². The van der Waals surface area contributed by atoms with Gasteiger partial charge in [0.05, 0.1) is 10.8 Å². The van der Waals surface area contributed by atoms with E-state index in [0.717, 1.165) is 36.9 Å². The Morgan fingerprint density at radius 3 is 2.92 bits per heavy atom. The number of nitrogens with zero attached hydrogens (tertiary/aromatic N) is 2. The Balaban J connectivity index is 1.67. The lowest BCUT2D eigenvalue weighted by Gasteiger charge is -2.18. The number of pyridine rings is 1. The number of nitriles is 1. The van der Waals surface area contributed by atoms with Crippen LogP contribution in [0.1, 0.15) is 42.1 Å². The molecule has 1 aromatic carbocycles. The molecule has 1 unspecified atom stereocenters. The van der Waals surface area contributed by atoms with Crippen molar-refractivity contribution >= 4 is 29.3 Å². The monoisotopic (exact) mass is 385 g/mol. The highest BCUT2D eigenvalue weighted by Gasteiger charge is 2.20. The van der Waals surface area contributed by atoms with Crippen LogP contribution in [0.4, 0.5) is 0 Å². The van der Waals surface area contributed by atoms with E-state index in [0.29, 0.717) is 22.2 Å². The lowest BCUT2D eigenvalue weighted by Crippen LogP contribution is -2.30. The number of fused-ring (bicyclic) bond motifs is 1. The Morgan fingerprint density at radius 2 is 2.15 bits per heavy atom. The minimum Gasteiger partial charge on any atom is -0.351 e. The summed E-state index contributed by atoms with van der Waals surface area (Å²) in [5.41, 5.74) is 3.68. The standard InChI is InChI=1S/C20H20ClN3OS/c1-13(19(25)23-12-15-7-2-4-8-17(15)21)26-20-16(11-22)10-14-6-3-5-9-18(14)24-20/h2,4,7-8,10,13H,3,5-6,9,12H2,1H3,(H,23,25). The molecule has 26 heavy (non-hydrogen) atoms. The summed E-state index contributed by atoms with van der Waals surface area (Å²) in [7, 11) is 0. The summed E-state index contributed by atoms with van der Waals surface area (Å²) in [6, 6.07) is 11.6. The molecule has 1 heterocycles. The highest BCUT2D eigenvalue weighted by Crippen LogP contribution is 2.29. The van der Waals surface area contributed by atoms with Crippen LogP contribution in [-0.4, -0.2) is 16.1 Å². The average Bonchev–Trinajstić information content (AvgIpc) is 2.66. The van der Waals surface area contributed by atoms with Gasteiger partial charge in [-0.3, -0.25) is 4.79 Å². The second kappa shape index (κ2) is 8.57. The number of carbonyl (C=O) groups is 1. The molecule has 0 radical (unpaired) electrons. The second-order valence-corrected chi connectivity index (χ2v) is 8.07. The Bertz CT molecular complexity index is 863. The number of thioether (sulfide) groups is 1. The third-order valence-electron chi connectivity index (χ3n) is 4.45. The van der Waals surface area contributed by atoms with Crippen molar-refractivity contribution in [1.29, 1.82) is 5.26 Å². The molecule has 0 saturated heterocycles. The Labute approximate surface area is 163 Å². The maximum absolute atomic E-state index is 12.4. The molecule has 6 heteroatoms. The van der Waals surface area contributed by atoms with Crippen LogP contribution in [0.3, 0.4) is 0 Å². The smallest absolute Gasteiger partial charge is 0.233 e. The van der Waals surface area contributed by atoms with E-state index in [1.165, 1.54) is 17.3 Å². The lowest BCUT2D eigenvalue weighted by molar-refractivity contribution is -0.120. The predicted octanol–water partition coefficient (Wildman–Crippen LogP) is 4.28. The number of carbonyl (C=O) groups excluding carboxylic acids is 1. The fraction of sp³-hybridized carbons (Fsp3) is 0.350. The molecule has 0 bridgehead atoms. The van der Waals surface area contributed by atoms with Crippen molar-refractivity contribution in [3.8, 4) is 6.07 Å². The van der Waals surface area contributed by atoms with E-state index < -0.39 is 0 Å². The number of rotatable bonds is 5. The topological polar surface area (TPSA) is 65.8 Å². The van der Waals surface area contributed by atoms with Crippen molar-refractivity contribution < 1.29 is 4.79 Å². The maximum Gasteiger partial charge on any atom is 0.233 e. The molecule has 134 valence electrons.